The highest BCUT2D eigenvalue weighted by Crippen LogP contribution is 2.19. The summed E-state index contributed by atoms with van der Waals surface area (Å²) in [6.45, 7) is 0.362. The molecule has 0 radical (unpaired) electrons. The summed E-state index contributed by atoms with van der Waals surface area (Å²) in [7, 11) is 0. The van der Waals surface area contributed by atoms with Crippen molar-refractivity contribution >= 4 is 5.91 Å². The fourth-order valence-electron chi connectivity index (χ4n) is 2.75. The van der Waals surface area contributed by atoms with Crippen LogP contribution in [0.4, 0.5) is 0 Å². The minimum atomic E-state index is -0.193. The van der Waals surface area contributed by atoms with Gasteiger partial charge in [-0.05, 0) is 36.4 Å². The van der Waals surface area contributed by atoms with Crippen LogP contribution in [0.2, 0.25) is 0 Å². The van der Waals surface area contributed by atoms with E-state index in [-0.39, 0.29) is 5.91 Å². The Balaban J connectivity index is 1.68. The number of hydrogen-bond donors (Lipinski definition) is 1. The number of benzene rings is 1. The van der Waals surface area contributed by atoms with E-state index in [0.717, 1.165) is 11.4 Å². The van der Waals surface area contributed by atoms with Gasteiger partial charge < -0.3 is 9.88 Å². The second-order valence-electron chi connectivity index (χ2n) is 5.72. The Hall–Kier alpha value is -3.67. The molecule has 4 rings (SSSR count). The average molecular weight is 343 g/mol. The zero-order valence-corrected chi connectivity index (χ0v) is 14.0. The molecule has 0 saturated heterocycles. The van der Waals surface area contributed by atoms with Crippen molar-refractivity contribution in [2.45, 2.75) is 6.54 Å². The van der Waals surface area contributed by atoms with Gasteiger partial charge in [-0.1, -0.05) is 24.3 Å². The third kappa shape index (κ3) is 3.12. The molecule has 0 aliphatic carbocycles. The monoisotopic (exact) mass is 343 g/mol. The lowest BCUT2D eigenvalue weighted by Crippen LogP contribution is -2.24. The van der Waals surface area contributed by atoms with Crippen LogP contribution in [0.1, 0.15) is 16.1 Å². The highest BCUT2D eigenvalue weighted by atomic mass is 16.1. The largest absolute Gasteiger partial charge is 0.346 e. The fourth-order valence-corrected chi connectivity index (χ4v) is 2.75. The summed E-state index contributed by atoms with van der Waals surface area (Å²) in [4.78, 5) is 17.0. The fraction of sp³-hybridized carbons (Fsp3) is 0.0500. The van der Waals surface area contributed by atoms with E-state index in [1.807, 2.05) is 77.6 Å². The van der Waals surface area contributed by atoms with E-state index < -0.39 is 0 Å². The quantitative estimate of drug-likeness (QED) is 0.606. The number of pyridine rings is 1. The molecule has 1 N–H and O–H groups in total. The molecule has 6 heteroatoms. The Bertz CT molecular complexity index is 991. The summed E-state index contributed by atoms with van der Waals surface area (Å²) < 4.78 is 3.64. The molecule has 4 aromatic rings. The molecule has 128 valence electrons. The predicted molar refractivity (Wildman–Crippen MR) is 98.3 cm³/mol. The first-order valence-corrected chi connectivity index (χ1v) is 8.28. The van der Waals surface area contributed by atoms with Gasteiger partial charge in [-0.2, -0.15) is 5.10 Å². The third-order valence-corrected chi connectivity index (χ3v) is 3.99. The molecule has 1 amide bonds. The van der Waals surface area contributed by atoms with Crippen LogP contribution in [0.3, 0.4) is 0 Å². The molecule has 1 aromatic carbocycles. The maximum absolute atomic E-state index is 12.8. The minimum absolute atomic E-state index is 0.193. The molecule has 3 aromatic heterocycles. The van der Waals surface area contributed by atoms with E-state index in [4.69, 9.17) is 0 Å². The van der Waals surface area contributed by atoms with Gasteiger partial charge in [0.1, 0.15) is 5.56 Å². The standard InChI is InChI=1S/C20H17N5O/c26-19(22-14-16-8-4-5-11-21-16)18-15-23-25(17-9-2-1-3-10-17)20(18)24-12-6-7-13-24/h1-13,15H,14H2,(H,22,26). The molecule has 6 nitrogen and oxygen atoms in total. The highest BCUT2D eigenvalue weighted by molar-refractivity contribution is 5.97. The Morgan fingerprint density at radius 1 is 0.962 bits per heavy atom. The van der Waals surface area contributed by atoms with Crippen LogP contribution >= 0.6 is 0 Å². The molecule has 0 atom stereocenters. The zero-order chi connectivity index (χ0) is 17.8. The van der Waals surface area contributed by atoms with Crippen LogP contribution in [0, 0.1) is 0 Å². The van der Waals surface area contributed by atoms with Gasteiger partial charge in [-0.3, -0.25) is 9.78 Å². The average Bonchev–Trinajstić information content (AvgIpc) is 3.37. The molecular formula is C20H17N5O. The van der Waals surface area contributed by atoms with Crippen molar-refractivity contribution < 1.29 is 4.79 Å². The Labute approximate surface area is 150 Å². The smallest absolute Gasteiger partial charge is 0.257 e. The number of nitrogens with one attached hydrogen (secondary N) is 1. The number of rotatable bonds is 5. The lowest BCUT2D eigenvalue weighted by atomic mass is 10.2. The SMILES string of the molecule is O=C(NCc1ccccn1)c1cnn(-c2ccccc2)c1-n1cccc1. The van der Waals surface area contributed by atoms with Gasteiger partial charge in [-0.15, -0.1) is 0 Å². The van der Waals surface area contributed by atoms with Gasteiger partial charge in [0, 0.05) is 18.6 Å². The molecule has 0 bridgehead atoms. The predicted octanol–water partition coefficient (Wildman–Crippen LogP) is 2.99. The minimum Gasteiger partial charge on any atom is -0.346 e. The number of para-hydroxylation sites is 1. The summed E-state index contributed by atoms with van der Waals surface area (Å²) in [5.74, 6) is 0.501. The summed E-state index contributed by atoms with van der Waals surface area (Å²) in [5, 5.41) is 7.35. The van der Waals surface area contributed by atoms with Gasteiger partial charge >= 0.3 is 0 Å². The van der Waals surface area contributed by atoms with Crippen LogP contribution in [0.5, 0.6) is 0 Å². The van der Waals surface area contributed by atoms with Crippen LogP contribution in [0.15, 0.2) is 85.5 Å². The van der Waals surface area contributed by atoms with E-state index in [0.29, 0.717) is 17.9 Å². The number of nitrogens with zero attached hydrogens (tertiary/aromatic N) is 4. The van der Waals surface area contributed by atoms with E-state index in [1.165, 1.54) is 0 Å². The summed E-state index contributed by atoms with van der Waals surface area (Å²) in [5.41, 5.74) is 2.19. The summed E-state index contributed by atoms with van der Waals surface area (Å²) in [6, 6.07) is 19.2. The molecule has 26 heavy (non-hydrogen) atoms. The Morgan fingerprint density at radius 2 is 1.73 bits per heavy atom. The van der Waals surface area contributed by atoms with Gasteiger partial charge in [-0.25, -0.2) is 4.68 Å². The molecule has 0 saturated carbocycles. The number of aromatic nitrogens is 4. The maximum atomic E-state index is 12.8. The number of carbonyl (C=O) groups is 1. The maximum Gasteiger partial charge on any atom is 0.257 e. The Kier molecular flexibility index (Phi) is 4.30. The lowest BCUT2D eigenvalue weighted by molar-refractivity contribution is 0.0950. The van der Waals surface area contributed by atoms with Crippen LogP contribution in [0.25, 0.3) is 11.5 Å². The van der Waals surface area contributed by atoms with Gasteiger partial charge in [0.05, 0.1) is 24.1 Å². The molecule has 0 unspecified atom stereocenters. The van der Waals surface area contributed by atoms with Crippen molar-refractivity contribution in [2.75, 3.05) is 0 Å². The molecule has 0 aliphatic heterocycles. The van der Waals surface area contributed by atoms with Crippen molar-refractivity contribution in [1.29, 1.82) is 0 Å². The number of carbonyl (C=O) groups excluding carboxylic acids is 1. The molecule has 0 fully saturated rings. The molecule has 3 heterocycles. The van der Waals surface area contributed by atoms with E-state index in [9.17, 15) is 4.79 Å². The Morgan fingerprint density at radius 3 is 2.46 bits per heavy atom. The summed E-state index contributed by atoms with van der Waals surface area (Å²) >= 11 is 0. The van der Waals surface area contributed by atoms with Crippen molar-refractivity contribution in [3.63, 3.8) is 0 Å². The van der Waals surface area contributed by atoms with Crippen molar-refractivity contribution in [2.24, 2.45) is 0 Å². The highest BCUT2D eigenvalue weighted by Gasteiger charge is 2.19. The normalized spacial score (nSPS) is 10.6. The first kappa shape index (κ1) is 15.8. The summed E-state index contributed by atoms with van der Waals surface area (Å²) in [6.07, 6.45) is 7.09. The van der Waals surface area contributed by atoms with Crippen molar-refractivity contribution in [3.05, 3.63) is 96.7 Å². The van der Waals surface area contributed by atoms with E-state index >= 15 is 0 Å². The molecular weight excluding hydrogens is 326 g/mol. The van der Waals surface area contributed by atoms with E-state index in [2.05, 4.69) is 15.4 Å². The van der Waals surface area contributed by atoms with Gasteiger partial charge in [0.15, 0.2) is 5.82 Å². The topological polar surface area (TPSA) is 64.7 Å². The van der Waals surface area contributed by atoms with Crippen LogP contribution in [-0.2, 0) is 6.54 Å². The number of amides is 1. The second-order valence-corrected chi connectivity index (χ2v) is 5.72. The van der Waals surface area contributed by atoms with Crippen molar-refractivity contribution in [3.8, 4) is 11.5 Å². The van der Waals surface area contributed by atoms with Crippen molar-refractivity contribution in [1.82, 2.24) is 24.6 Å². The first-order valence-electron chi connectivity index (χ1n) is 8.28. The van der Waals surface area contributed by atoms with Crippen LogP contribution < -0.4 is 5.32 Å². The molecule has 0 aliphatic rings. The zero-order valence-electron chi connectivity index (χ0n) is 14.0. The second kappa shape index (κ2) is 7.06. The number of hydrogen-bond acceptors (Lipinski definition) is 3. The van der Waals surface area contributed by atoms with Gasteiger partial charge in [0.2, 0.25) is 0 Å². The lowest BCUT2D eigenvalue weighted by Gasteiger charge is -2.11. The molecule has 0 spiro atoms. The van der Waals surface area contributed by atoms with Crippen LogP contribution in [-0.4, -0.2) is 25.2 Å². The van der Waals surface area contributed by atoms with E-state index in [1.54, 1.807) is 17.1 Å². The van der Waals surface area contributed by atoms with Gasteiger partial charge in [0.25, 0.3) is 5.91 Å². The third-order valence-electron chi connectivity index (χ3n) is 3.99. The first-order chi connectivity index (χ1) is 12.8.